The molecule has 3 rings (SSSR count). The number of piperidine rings is 1. The summed E-state index contributed by atoms with van der Waals surface area (Å²) < 4.78 is 0. The summed E-state index contributed by atoms with van der Waals surface area (Å²) in [5.41, 5.74) is 7.75. The van der Waals surface area contributed by atoms with Crippen molar-refractivity contribution >= 4 is 23.2 Å². The number of carbonyl (C=O) groups is 2. The SMILES string of the molecule is NC(=O)N1CCC(=NN=C(C(=O)c2ccccc2)c2ccccc2)CC1. The lowest BCUT2D eigenvalue weighted by Gasteiger charge is -2.25. The molecule has 0 spiro atoms. The van der Waals surface area contributed by atoms with Gasteiger partial charge in [-0.1, -0.05) is 60.7 Å². The largest absolute Gasteiger partial charge is 0.351 e. The van der Waals surface area contributed by atoms with E-state index in [2.05, 4.69) is 10.2 Å². The highest BCUT2D eigenvalue weighted by Gasteiger charge is 2.19. The minimum absolute atomic E-state index is 0.171. The lowest BCUT2D eigenvalue weighted by Crippen LogP contribution is -2.41. The maximum Gasteiger partial charge on any atom is 0.314 e. The fourth-order valence-corrected chi connectivity index (χ4v) is 2.76. The molecule has 1 aliphatic heterocycles. The number of hydrogen-bond donors (Lipinski definition) is 1. The van der Waals surface area contributed by atoms with E-state index < -0.39 is 6.03 Å². The Morgan fingerprint density at radius 1 is 0.846 bits per heavy atom. The van der Waals surface area contributed by atoms with Gasteiger partial charge in [-0.05, 0) is 0 Å². The predicted molar refractivity (Wildman–Crippen MR) is 102 cm³/mol. The number of rotatable bonds is 4. The zero-order chi connectivity index (χ0) is 18.4. The Morgan fingerprint density at radius 2 is 1.38 bits per heavy atom. The van der Waals surface area contributed by atoms with Gasteiger partial charge in [0.2, 0.25) is 5.78 Å². The highest BCUT2D eigenvalue weighted by molar-refractivity contribution is 6.51. The van der Waals surface area contributed by atoms with E-state index in [4.69, 9.17) is 5.73 Å². The van der Waals surface area contributed by atoms with E-state index in [9.17, 15) is 9.59 Å². The van der Waals surface area contributed by atoms with Crippen LogP contribution in [0.3, 0.4) is 0 Å². The average Bonchev–Trinajstić information content (AvgIpc) is 2.70. The number of primary amides is 1. The number of hydrogen-bond acceptors (Lipinski definition) is 4. The first-order valence-electron chi connectivity index (χ1n) is 8.48. The van der Waals surface area contributed by atoms with Gasteiger partial charge < -0.3 is 10.6 Å². The minimum atomic E-state index is -0.420. The van der Waals surface area contributed by atoms with Crippen molar-refractivity contribution in [3.63, 3.8) is 0 Å². The Hall–Kier alpha value is -3.28. The summed E-state index contributed by atoms with van der Waals surface area (Å²) in [6.07, 6.45) is 1.21. The van der Waals surface area contributed by atoms with Gasteiger partial charge in [0, 0.05) is 42.8 Å². The molecule has 0 radical (unpaired) electrons. The topological polar surface area (TPSA) is 88.1 Å². The van der Waals surface area contributed by atoms with Crippen LogP contribution in [0.2, 0.25) is 0 Å². The van der Waals surface area contributed by atoms with E-state index in [-0.39, 0.29) is 5.78 Å². The van der Waals surface area contributed by atoms with Crippen molar-refractivity contribution in [1.82, 2.24) is 4.90 Å². The van der Waals surface area contributed by atoms with E-state index in [1.807, 2.05) is 48.5 Å². The number of nitrogens with zero attached hydrogens (tertiary/aromatic N) is 3. The first-order valence-corrected chi connectivity index (χ1v) is 8.48. The Balaban J connectivity index is 1.87. The molecule has 6 heteroatoms. The third kappa shape index (κ3) is 4.22. The van der Waals surface area contributed by atoms with E-state index in [0.717, 1.165) is 11.3 Å². The number of nitrogens with two attached hydrogens (primary N) is 1. The highest BCUT2D eigenvalue weighted by Crippen LogP contribution is 2.12. The van der Waals surface area contributed by atoms with Crippen molar-refractivity contribution in [3.8, 4) is 0 Å². The van der Waals surface area contributed by atoms with Gasteiger partial charge in [0.05, 0.1) is 0 Å². The van der Waals surface area contributed by atoms with Crippen LogP contribution < -0.4 is 5.73 Å². The quantitative estimate of drug-likeness (QED) is 0.523. The fraction of sp³-hybridized carbons (Fsp3) is 0.200. The van der Waals surface area contributed by atoms with Crippen molar-refractivity contribution < 1.29 is 9.59 Å². The molecule has 2 aromatic carbocycles. The summed E-state index contributed by atoms with van der Waals surface area (Å²) in [5.74, 6) is -0.171. The normalized spacial score (nSPS) is 14.8. The zero-order valence-electron chi connectivity index (χ0n) is 14.3. The maximum atomic E-state index is 12.9. The van der Waals surface area contributed by atoms with Crippen LogP contribution in [0, 0.1) is 0 Å². The first-order chi connectivity index (χ1) is 12.6. The van der Waals surface area contributed by atoms with Gasteiger partial charge in [0.25, 0.3) is 0 Å². The number of Topliss-reactive ketones (excluding diaryl/α,β-unsaturated/α-hetero) is 1. The highest BCUT2D eigenvalue weighted by atomic mass is 16.2. The van der Waals surface area contributed by atoms with Gasteiger partial charge in [-0.3, -0.25) is 4.79 Å². The van der Waals surface area contributed by atoms with Crippen molar-refractivity contribution in [2.24, 2.45) is 15.9 Å². The molecule has 0 saturated carbocycles. The van der Waals surface area contributed by atoms with Crippen LogP contribution in [-0.4, -0.2) is 41.2 Å². The fourth-order valence-electron chi connectivity index (χ4n) is 2.76. The molecule has 0 bridgehead atoms. The second kappa shape index (κ2) is 8.20. The van der Waals surface area contributed by atoms with Gasteiger partial charge in [-0.15, -0.1) is 5.10 Å². The molecule has 1 fully saturated rings. The van der Waals surface area contributed by atoms with E-state index in [1.165, 1.54) is 0 Å². The molecule has 1 heterocycles. The van der Waals surface area contributed by atoms with Crippen molar-refractivity contribution in [1.29, 1.82) is 0 Å². The Kier molecular flexibility index (Phi) is 5.53. The van der Waals surface area contributed by atoms with Crippen LogP contribution >= 0.6 is 0 Å². The summed E-state index contributed by atoms with van der Waals surface area (Å²) in [4.78, 5) is 25.7. The van der Waals surface area contributed by atoms with Crippen LogP contribution in [0.4, 0.5) is 4.79 Å². The maximum absolute atomic E-state index is 12.9. The summed E-state index contributed by atoms with van der Waals surface area (Å²) >= 11 is 0. The number of carbonyl (C=O) groups excluding carboxylic acids is 2. The summed E-state index contributed by atoms with van der Waals surface area (Å²) in [6.45, 7) is 1.05. The number of amides is 2. The molecule has 1 saturated heterocycles. The van der Waals surface area contributed by atoms with E-state index in [0.29, 0.717) is 37.2 Å². The number of ketones is 1. The molecular weight excluding hydrogens is 328 g/mol. The summed E-state index contributed by atoms with van der Waals surface area (Å²) in [5, 5.41) is 8.59. The molecule has 0 aromatic heterocycles. The molecule has 26 heavy (non-hydrogen) atoms. The zero-order valence-corrected chi connectivity index (χ0v) is 14.3. The van der Waals surface area contributed by atoms with Crippen LogP contribution in [-0.2, 0) is 0 Å². The molecule has 6 nitrogen and oxygen atoms in total. The van der Waals surface area contributed by atoms with Crippen molar-refractivity contribution in [2.45, 2.75) is 12.8 Å². The Morgan fingerprint density at radius 3 is 1.92 bits per heavy atom. The standard InChI is InChI=1S/C20H20N4O2/c21-20(26)24-13-11-17(12-14-24)22-23-18(15-7-3-1-4-8-15)19(25)16-9-5-2-6-10-16/h1-10H,11-14H2,(H2,21,26). The smallest absolute Gasteiger partial charge is 0.314 e. The summed E-state index contributed by atoms with van der Waals surface area (Å²) in [6, 6.07) is 17.9. The van der Waals surface area contributed by atoms with Gasteiger partial charge in [-0.25, -0.2) is 4.79 Å². The van der Waals surface area contributed by atoms with Crippen molar-refractivity contribution in [3.05, 3.63) is 71.8 Å². The Labute approximate surface area is 152 Å². The lowest BCUT2D eigenvalue weighted by atomic mass is 10.0. The van der Waals surface area contributed by atoms with Crippen LogP contribution in [0.15, 0.2) is 70.9 Å². The molecule has 0 aliphatic carbocycles. The molecule has 132 valence electrons. The molecule has 1 aliphatic rings. The van der Waals surface area contributed by atoms with E-state index >= 15 is 0 Å². The lowest BCUT2D eigenvalue weighted by molar-refractivity contribution is 0.106. The minimum Gasteiger partial charge on any atom is -0.351 e. The second-order valence-electron chi connectivity index (χ2n) is 6.00. The molecule has 2 amide bonds. The van der Waals surface area contributed by atoms with Gasteiger partial charge in [0.15, 0.2) is 0 Å². The first kappa shape index (κ1) is 17.5. The second-order valence-corrected chi connectivity index (χ2v) is 6.00. The number of urea groups is 1. The number of benzene rings is 2. The molecule has 0 atom stereocenters. The van der Waals surface area contributed by atoms with Crippen LogP contribution in [0.25, 0.3) is 0 Å². The molecular formula is C20H20N4O2. The van der Waals surface area contributed by atoms with Gasteiger partial charge in [-0.2, -0.15) is 5.10 Å². The average molecular weight is 348 g/mol. The number of likely N-dealkylation sites (tertiary alicyclic amines) is 1. The van der Waals surface area contributed by atoms with Crippen LogP contribution in [0.5, 0.6) is 0 Å². The molecule has 2 N–H and O–H groups in total. The third-order valence-electron chi connectivity index (χ3n) is 4.24. The monoisotopic (exact) mass is 348 g/mol. The van der Waals surface area contributed by atoms with Crippen molar-refractivity contribution in [2.75, 3.05) is 13.1 Å². The van der Waals surface area contributed by atoms with Gasteiger partial charge >= 0.3 is 6.03 Å². The third-order valence-corrected chi connectivity index (χ3v) is 4.24. The Bertz CT molecular complexity index is 835. The molecule has 0 unspecified atom stereocenters. The predicted octanol–water partition coefficient (Wildman–Crippen LogP) is 2.89. The van der Waals surface area contributed by atoms with E-state index in [1.54, 1.807) is 17.0 Å². The summed E-state index contributed by atoms with van der Waals surface area (Å²) in [7, 11) is 0. The van der Waals surface area contributed by atoms with Gasteiger partial charge in [0.1, 0.15) is 5.71 Å². The van der Waals surface area contributed by atoms with Crippen LogP contribution in [0.1, 0.15) is 28.8 Å². The molecule has 2 aromatic rings.